The van der Waals surface area contributed by atoms with Crippen LogP contribution in [0.1, 0.15) is 25.7 Å². The van der Waals surface area contributed by atoms with Crippen molar-refractivity contribution >= 4 is 45.2 Å². The number of nitrogens with one attached hydrogen (secondary N) is 2. The van der Waals surface area contributed by atoms with Crippen LogP contribution in [0.15, 0.2) is 29.1 Å². The Balaban J connectivity index is 0.00000210. The number of hydrogen-bond acceptors (Lipinski definition) is 3. The Labute approximate surface area is 169 Å². The molecule has 0 radical (unpaired) electrons. The highest BCUT2D eigenvalue weighted by molar-refractivity contribution is 8.93. The second-order valence-corrected chi connectivity index (χ2v) is 7.65. The van der Waals surface area contributed by atoms with Crippen LogP contribution in [0.5, 0.6) is 0 Å². The summed E-state index contributed by atoms with van der Waals surface area (Å²) in [4.78, 5) is 12.4. The zero-order chi connectivity index (χ0) is 18.5. The van der Waals surface area contributed by atoms with Crippen molar-refractivity contribution in [2.75, 3.05) is 5.32 Å². The Morgan fingerprint density at radius 1 is 1.19 bits per heavy atom. The molecule has 1 aromatic heterocycles. The van der Waals surface area contributed by atoms with Gasteiger partial charge in [0.25, 0.3) is 5.56 Å². The van der Waals surface area contributed by atoms with Gasteiger partial charge < -0.3 is 10.6 Å². The highest BCUT2D eigenvalue weighted by Gasteiger charge is 2.34. The summed E-state index contributed by atoms with van der Waals surface area (Å²) in [6.07, 6.45) is -0.320. The molecule has 4 rings (SSSR count). The lowest BCUT2D eigenvalue weighted by molar-refractivity contribution is -0.140. The van der Waals surface area contributed by atoms with Gasteiger partial charge in [-0.1, -0.05) is 11.6 Å². The van der Waals surface area contributed by atoms with Crippen LogP contribution in [-0.2, 0) is 6.54 Å². The molecule has 1 aromatic carbocycles. The Kier molecular flexibility index (Phi) is 5.80. The van der Waals surface area contributed by atoms with Crippen molar-refractivity contribution in [3.63, 3.8) is 0 Å². The lowest BCUT2D eigenvalue weighted by atomic mass is 9.99. The highest BCUT2D eigenvalue weighted by Crippen LogP contribution is 2.32. The van der Waals surface area contributed by atoms with E-state index in [0.717, 1.165) is 30.3 Å². The van der Waals surface area contributed by atoms with Crippen molar-refractivity contribution in [1.29, 1.82) is 0 Å². The first-order valence-electron chi connectivity index (χ1n) is 8.71. The van der Waals surface area contributed by atoms with Crippen LogP contribution in [-0.4, -0.2) is 28.9 Å². The SMILES string of the molecule is Br.O=c1cc(NC2CC3CCC(C2)N3)c2cc(Cl)ccc2n1CC(F)(F)F. The number of aromatic nitrogens is 1. The summed E-state index contributed by atoms with van der Waals surface area (Å²) in [6, 6.07) is 6.97. The third-order valence-electron chi connectivity index (χ3n) is 5.24. The molecule has 0 saturated carbocycles. The van der Waals surface area contributed by atoms with Crippen LogP contribution in [0.25, 0.3) is 10.9 Å². The number of fused-ring (bicyclic) bond motifs is 3. The molecule has 0 amide bonds. The van der Waals surface area contributed by atoms with Crippen molar-refractivity contribution < 1.29 is 13.2 Å². The van der Waals surface area contributed by atoms with Crippen LogP contribution in [0.4, 0.5) is 18.9 Å². The minimum absolute atomic E-state index is 0. The summed E-state index contributed by atoms with van der Waals surface area (Å²) in [7, 11) is 0. The van der Waals surface area contributed by atoms with Crippen LogP contribution in [0, 0.1) is 0 Å². The second-order valence-electron chi connectivity index (χ2n) is 7.21. The van der Waals surface area contributed by atoms with E-state index in [-0.39, 0.29) is 28.5 Å². The number of rotatable bonds is 3. The maximum absolute atomic E-state index is 12.9. The number of piperidine rings is 1. The molecule has 148 valence electrons. The fraction of sp³-hybridized carbons (Fsp3) is 0.500. The van der Waals surface area contributed by atoms with E-state index in [1.165, 1.54) is 18.2 Å². The molecule has 2 atom stereocenters. The topological polar surface area (TPSA) is 46.1 Å². The van der Waals surface area contributed by atoms with Gasteiger partial charge in [-0.2, -0.15) is 13.2 Å². The van der Waals surface area contributed by atoms with Gasteiger partial charge in [-0.25, -0.2) is 0 Å². The number of halogens is 5. The summed E-state index contributed by atoms with van der Waals surface area (Å²) in [6.45, 7) is -1.32. The Morgan fingerprint density at radius 2 is 1.85 bits per heavy atom. The molecule has 0 spiro atoms. The van der Waals surface area contributed by atoms with Gasteiger partial charge in [-0.05, 0) is 43.9 Å². The van der Waals surface area contributed by atoms with Crippen molar-refractivity contribution in [2.24, 2.45) is 0 Å². The van der Waals surface area contributed by atoms with E-state index in [0.29, 0.717) is 28.2 Å². The van der Waals surface area contributed by atoms with Crippen LogP contribution in [0.3, 0.4) is 0 Å². The standard InChI is InChI=1S/C18H19ClF3N3O.BrH/c19-10-1-4-16-14(5-10)15(8-17(26)25(16)9-18(20,21)22)24-13-6-11-2-3-12(7-13)23-11;/h1,4-5,8,11-13,23-24H,2-3,6-7,9H2;1H. The average molecular weight is 467 g/mol. The number of alkyl halides is 3. The maximum Gasteiger partial charge on any atom is 0.406 e. The van der Waals surface area contributed by atoms with Gasteiger partial charge in [-0.3, -0.25) is 9.36 Å². The molecule has 2 bridgehead atoms. The maximum atomic E-state index is 12.9. The van der Waals surface area contributed by atoms with Gasteiger partial charge in [0, 0.05) is 40.3 Å². The van der Waals surface area contributed by atoms with Crippen molar-refractivity contribution in [1.82, 2.24) is 9.88 Å². The molecule has 2 aliphatic rings. The predicted molar refractivity (Wildman–Crippen MR) is 106 cm³/mol. The van der Waals surface area contributed by atoms with E-state index < -0.39 is 18.3 Å². The van der Waals surface area contributed by atoms with E-state index >= 15 is 0 Å². The summed E-state index contributed by atoms with van der Waals surface area (Å²) in [5.41, 5.74) is 0.118. The highest BCUT2D eigenvalue weighted by atomic mass is 79.9. The minimum Gasteiger partial charge on any atom is -0.381 e. The number of benzene rings is 1. The van der Waals surface area contributed by atoms with Gasteiger partial charge in [-0.15, -0.1) is 17.0 Å². The van der Waals surface area contributed by atoms with Crippen molar-refractivity contribution in [3.8, 4) is 0 Å². The second kappa shape index (κ2) is 7.64. The molecule has 2 N–H and O–H groups in total. The zero-order valence-electron chi connectivity index (χ0n) is 14.4. The number of hydrogen-bond donors (Lipinski definition) is 2. The van der Waals surface area contributed by atoms with Crippen molar-refractivity contribution in [3.05, 3.63) is 39.6 Å². The van der Waals surface area contributed by atoms with E-state index in [4.69, 9.17) is 11.6 Å². The monoisotopic (exact) mass is 465 g/mol. The van der Waals surface area contributed by atoms with Crippen LogP contribution < -0.4 is 16.2 Å². The Hall–Kier alpha value is -1.25. The molecule has 27 heavy (non-hydrogen) atoms. The lowest BCUT2D eigenvalue weighted by Crippen LogP contribution is -2.43. The smallest absolute Gasteiger partial charge is 0.381 e. The first kappa shape index (κ1) is 20.5. The number of nitrogens with zero attached hydrogens (tertiary/aromatic N) is 1. The van der Waals surface area contributed by atoms with Gasteiger partial charge >= 0.3 is 6.18 Å². The van der Waals surface area contributed by atoms with Crippen LogP contribution >= 0.6 is 28.6 Å². The average Bonchev–Trinajstić information content (AvgIpc) is 2.89. The summed E-state index contributed by atoms with van der Waals surface area (Å²) < 4.78 is 39.4. The van der Waals surface area contributed by atoms with E-state index in [1.54, 1.807) is 6.07 Å². The lowest BCUT2D eigenvalue weighted by Gasteiger charge is -2.31. The predicted octanol–water partition coefficient (Wildman–Crippen LogP) is 4.49. The van der Waals surface area contributed by atoms with Gasteiger partial charge in [0.05, 0.1) is 5.52 Å². The molecule has 2 fully saturated rings. The summed E-state index contributed by atoms with van der Waals surface area (Å²) in [5.74, 6) is 0. The van der Waals surface area contributed by atoms with Crippen molar-refractivity contribution in [2.45, 2.75) is 56.5 Å². The quantitative estimate of drug-likeness (QED) is 0.701. The van der Waals surface area contributed by atoms with Gasteiger partial charge in [0.1, 0.15) is 6.54 Å². The molecule has 4 nitrogen and oxygen atoms in total. The van der Waals surface area contributed by atoms with E-state index in [1.807, 2.05) is 0 Å². The molecule has 0 aliphatic carbocycles. The Morgan fingerprint density at radius 3 is 2.48 bits per heavy atom. The fourth-order valence-corrected chi connectivity index (χ4v) is 4.39. The molecular formula is C18H20BrClF3N3O. The molecule has 3 heterocycles. The third-order valence-corrected chi connectivity index (χ3v) is 5.48. The third kappa shape index (κ3) is 4.43. The zero-order valence-corrected chi connectivity index (χ0v) is 16.8. The van der Waals surface area contributed by atoms with Gasteiger partial charge in [0.2, 0.25) is 0 Å². The van der Waals surface area contributed by atoms with Gasteiger partial charge in [0.15, 0.2) is 0 Å². The minimum atomic E-state index is -4.47. The summed E-state index contributed by atoms with van der Waals surface area (Å²) >= 11 is 6.07. The molecule has 9 heteroatoms. The fourth-order valence-electron chi connectivity index (χ4n) is 4.21. The number of anilines is 1. The number of pyridine rings is 1. The largest absolute Gasteiger partial charge is 0.406 e. The van der Waals surface area contributed by atoms with E-state index in [2.05, 4.69) is 10.6 Å². The van der Waals surface area contributed by atoms with E-state index in [9.17, 15) is 18.0 Å². The molecule has 2 unspecified atom stereocenters. The molecular weight excluding hydrogens is 447 g/mol. The van der Waals surface area contributed by atoms with Crippen LogP contribution in [0.2, 0.25) is 5.02 Å². The first-order valence-corrected chi connectivity index (χ1v) is 9.09. The normalized spacial score (nSPS) is 24.7. The molecule has 2 aromatic rings. The Bertz CT molecular complexity index is 890. The summed E-state index contributed by atoms with van der Waals surface area (Å²) in [5, 5.41) is 7.89. The molecule has 2 aliphatic heterocycles. The molecule has 2 saturated heterocycles. The first-order chi connectivity index (χ1) is 12.3.